The summed E-state index contributed by atoms with van der Waals surface area (Å²) in [6, 6.07) is 8.56. The third kappa shape index (κ3) is 5.99. The largest absolute Gasteiger partial charge is 0.414 e. The maximum absolute atomic E-state index is 12.8. The van der Waals surface area contributed by atoms with Gasteiger partial charge in [-0.2, -0.15) is 4.31 Å². The van der Waals surface area contributed by atoms with Crippen LogP contribution in [0, 0.1) is 0 Å². The number of nitrogens with one attached hydrogen (secondary N) is 1. The Morgan fingerprint density at radius 3 is 2.39 bits per heavy atom. The molecule has 11 nitrogen and oxygen atoms in total. The van der Waals surface area contributed by atoms with E-state index in [-0.39, 0.29) is 12.1 Å². The number of nitrogens with zero attached hydrogens (tertiary/aromatic N) is 5. The Kier molecular flexibility index (Phi) is 7.97. The van der Waals surface area contributed by atoms with Gasteiger partial charge in [-0.05, 0) is 51.7 Å². The molecule has 1 aromatic carbocycles. The van der Waals surface area contributed by atoms with Crippen LogP contribution >= 0.6 is 0 Å². The molecule has 2 aromatic rings. The molecule has 3 aliphatic rings. The molecule has 1 amide bonds. The van der Waals surface area contributed by atoms with Gasteiger partial charge in [-0.1, -0.05) is 12.1 Å². The number of aliphatic hydroxyl groups is 1. The topological polar surface area (TPSA) is 120 Å². The summed E-state index contributed by atoms with van der Waals surface area (Å²) in [7, 11) is -3.16. The first-order chi connectivity index (χ1) is 18.1. The summed E-state index contributed by atoms with van der Waals surface area (Å²) in [5.41, 5.74) is 0.937. The van der Waals surface area contributed by atoms with Crippen molar-refractivity contribution in [2.45, 2.75) is 69.8 Å². The van der Waals surface area contributed by atoms with E-state index in [1.807, 2.05) is 42.8 Å². The minimum atomic E-state index is -3.16. The number of piperidine rings is 1. The number of para-hydroxylation sites is 1. The standard InChI is InChI=1S/C26H40N6O5S/c1-18(2)32-24-7-5-4-6-23(24)25(28-32)37-26(34)27-19-14-20-8-9-21(15-19)31(20)17-22(33)16-29-10-12-30(13-11-29)38(3,35)36/h4-7,18-22,33H,8-17H2,1-3H3,(H,27,34)/t19?,20-,21+,22-/m0/s1. The van der Waals surface area contributed by atoms with Crippen LogP contribution in [-0.2, 0) is 10.0 Å². The highest BCUT2D eigenvalue weighted by Crippen LogP contribution is 2.36. The van der Waals surface area contributed by atoms with Crippen molar-refractivity contribution in [1.82, 2.24) is 29.2 Å². The summed E-state index contributed by atoms with van der Waals surface area (Å²) in [4.78, 5) is 17.4. The average molecular weight is 549 g/mol. The maximum Gasteiger partial charge on any atom is 0.414 e. The van der Waals surface area contributed by atoms with Crippen LogP contribution in [0.25, 0.3) is 10.9 Å². The van der Waals surface area contributed by atoms with Crippen molar-refractivity contribution in [3.05, 3.63) is 24.3 Å². The summed E-state index contributed by atoms with van der Waals surface area (Å²) in [6.07, 6.45) is 4.03. The lowest BCUT2D eigenvalue weighted by atomic mass is 9.97. The smallest absolute Gasteiger partial charge is 0.390 e. The number of hydrogen-bond acceptors (Lipinski definition) is 8. The Bertz CT molecular complexity index is 1230. The Balaban J connectivity index is 1.11. The molecular formula is C26H40N6O5S. The number of benzene rings is 1. The van der Waals surface area contributed by atoms with Crippen LogP contribution in [0.1, 0.15) is 45.6 Å². The fraction of sp³-hybridized carbons (Fsp3) is 0.692. The summed E-state index contributed by atoms with van der Waals surface area (Å²) in [6.45, 7) is 7.43. The monoisotopic (exact) mass is 548 g/mol. The van der Waals surface area contributed by atoms with Gasteiger partial charge in [-0.15, -0.1) is 5.10 Å². The van der Waals surface area contributed by atoms with E-state index in [2.05, 4.69) is 20.2 Å². The molecule has 0 radical (unpaired) electrons. The molecule has 2 bridgehead atoms. The highest BCUT2D eigenvalue weighted by Gasteiger charge is 2.42. The van der Waals surface area contributed by atoms with E-state index < -0.39 is 22.2 Å². The van der Waals surface area contributed by atoms with E-state index in [1.165, 1.54) is 10.6 Å². The van der Waals surface area contributed by atoms with Gasteiger partial charge in [0.15, 0.2) is 0 Å². The number of sulfonamides is 1. The third-order valence-corrected chi connectivity index (χ3v) is 9.46. The molecular weight excluding hydrogens is 508 g/mol. The molecule has 0 aliphatic carbocycles. The molecule has 210 valence electrons. The van der Waals surface area contributed by atoms with Crippen LogP contribution in [-0.4, -0.2) is 113 Å². The number of β-amino-alcohol motifs (C(OH)–C–C–N with tert-alkyl or cyclic N) is 1. The van der Waals surface area contributed by atoms with Gasteiger partial charge < -0.3 is 15.2 Å². The van der Waals surface area contributed by atoms with Crippen LogP contribution in [0.4, 0.5) is 4.79 Å². The second kappa shape index (κ2) is 11.1. The molecule has 38 heavy (non-hydrogen) atoms. The predicted molar refractivity (Wildman–Crippen MR) is 145 cm³/mol. The van der Waals surface area contributed by atoms with Crippen molar-refractivity contribution in [2.75, 3.05) is 45.5 Å². The molecule has 3 aliphatic heterocycles. The minimum Gasteiger partial charge on any atom is -0.390 e. The van der Waals surface area contributed by atoms with Gasteiger partial charge in [-0.3, -0.25) is 14.5 Å². The number of piperazine rings is 1. The molecule has 2 N–H and O–H groups in total. The highest BCUT2D eigenvalue weighted by molar-refractivity contribution is 7.88. The summed E-state index contributed by atoms with van der Waals surface area (Å²) in [5.74, 6) is 0.327. The van der Waals surface area contributed by atoms with Gasteiger partial charge in [0.25, 0.3) is 5.88 Å². The summed E-state index contributed by atoms with van der Waals surface area (Å²) >= 11 is 0. The van der Waals surface area contributed by atoms with Crippen LogP contribution in [0.2, 0.25) is 0 Å². The van der Waals surface area contributed by atoms with Crippen LogP contribution in [0.5, 0.6) is 5.88 Å². The zero-order valence-electron chi connectivity index (χ0n) is 22.5. The minimum absolute atomic E-state index is 0.0240. The Labute approximate surface area is 224 Å². The molecule has 1 aromatic heterocycles. The van der Waals surface area contributed by atoms with E-state index in [9.17, 15) is 18.3 Å². The van der Waals surface area contributed by atoms with Crippen molar-refractivity contribution in [3.63, 3.8) is 0 Å². The van der Waals surface area contributed by atoms with Gasteiger partial charge in [0.1, 0.15) is 0 Å². The molecule has 5 rings (SSSR count). The second-order valence-corrected chi connectivity index (χ2v) is 13.2. The number of aliphatic hydroxyl groups excluding tert-OH is 1. The van der Waals surface area contributed by atoms with Gasteiger partial charge in [-0.25, -0.2) is 13.2 Å². The number of hydrogen-bond donors (Lipinski definition) is 2. The molecule has 3 saturated heterocycles. The first-order valence-electron chi connectivity index (χ1n) is 13.7. The number of carbonyl (C=O) groups excluding carboxylic acids is 1. The van der Waals surface area contributed by atoms with Crippen molar-refractivity contribution < 1.29 is 23.1 Å². The first-order valence-corrected chi connectivity index (χ1v) is 15.5. The SMILES string of the molecule is CC(C)n1nc(OC(=O)NC2C[C@H]3CC[C@@H](C2)N3C[C@@H](O)CN2CCN(S(C)(=O)=O)CC2)c2ccccc21. The van der Waals surface area contributed by atoms with E-state index in [0.29, 0.717) is 57.2 Å². The fourth-order valence-corrected chi connectivity index (χ4v) is 7.17. The van der Waals surface area contributed by atoms with Gasteiger partial charge in [0.05, 0.1) is 23.3 Å². The summed E-state index contributed by atoms with van der Waals surface area (Å²) in [5, 5.41) is 19.2. The number of rotatable bonds is 8. The van der Waals surface area contributed by atoms with Gasteiger partial charge in [0.2, 0.25) is 10.0 Å². The van der Waals surface area contributed by atoms with Gasteiger partial charge in [0, 0.05) is 63.4 Å². The number of amides is 1. The average Bonchev–Trinajstić information content (AvgIpc) is 3.32. The normalized spacial score (nSPS) is 26.2. The number of ether oxygens (including phenoxy) is 1. The molecule has 4 heterocycles. The van der Waals surface area contributed by atoms with Gasteiger partial charge >= 0.3 is 6.09 Å². The van der Waals surface area contributed by atoms with Crippen LogP contribution < -0.4 is 10.1 Å². The Morgan fingerprint density at radius 1 is 1.11 bits per heavy atom. The lowest BCUT2D eigenvalue weighted by Gasteiger charge is -2.41. The Hall–Kier alpha value is -2.25. The molecule has 4 atom stereocenters. The maximum atomic E-state index is 12.8. The predicted octanol–water partition coefficient (Wildman–Crippen LogP) is 1.64. The summed E-state index contributed by atoms with van der Waals surface area (Å²) < 4.78 is 32.5. The van der Waals surface area contributed by atoms with E-state index in [1.54, 1.807) is 0 Å². The second-order valence-electron chi connectivity index (χ2n) is 11.3. The third-order valence-electron chi connectivity index (χ3n) is 8.16. The lowest BCUT2D eigenvalue weighted by molar-refractivity contribution is 0.0282. The highest BCUT2D eigenvalue weighted by atomic mass is 32.2. The van der Waals surface area contributed by atoms with Crippen LogP contribution in [0.3, 0.4) is 0 Å². The Morgan fingerprint density at radius 2 is 1.76 bits per heavy atom. The van der Waals surface area contributed by atoms with Crippen molar-refractivity contribution in [1.29, 1.82) is 0 Å². The number of aromatic nitrogens is 2. The molecule has 0 saturated carbocycles. The quantitative estimate of drug-likeness (QED) is 0.511. The van der Waals surface area contributed by atoms with Crippen LogP contribution in [0.15, 0.2) is 24.3 Å². The van der Waals surface area contributed by atoms with Crippen molar-refractivity contribution >= 4 is 27.0 Å². The number of fused-ring (bicyclic) bond motifs is 3. The molecule has 12 heteroatoms. The van der Waals surface area contributed by atoms with E-state index >= 15 is 0 Å². The molecule has 3 fully saturated rings. The fourth-order valence-electron chi connectivity index (χ4n) is 6.35. The van der Waals surface area contributed by atoms with Crippen molar-refractivity contribution in [2.24, 2.45) is 0 Å². The molecule has 1 unspecified atom stereocenters. The first kappa shape index (κ1) is 27.3. The lowest BCUT2D eigenvalue weighted by Crippen LogP contribution is -2.55. The molecule has 0 spiro atoms. The zero-order chi connectivity index (χ0) is 27.0. The van der Waals surface area contributed by atoms with E-state index in [4.69, 9.17) is 4.74 Å². The number of carbonyl (C=O) groups is 1. The zero-order valence-corrected chi connectivity index (χ0v) is 23.3. The van der Waals surface area contributed by atoms with Crippen molar-refractivity contribution in [3.8, 4) is 5.88 Å². The van der Waals surface area contributed by atoms with E-state index in [0.717, 1.165) is 36.6 Å².